The number of benzene rings is 1. The maximum atomic E-state index is 11.0. The van der Waals surface area contributed by atoms with Gasteiger partial charge in [0.25, 0.3) is 0 Å². The van der Waals surface area contributed by atoms with Gasteiger partial charge in [-0.1, -0.05) is 0 Å². The van der Waals surface area contributed by atoms with Crippen LogP contribution in [0.4, 0.5) is 11.4 Å². The molecule has 2 heterocycles. The minimum atomic E-state index is -0.479. The molecule has 0 amide bonds. The Morgan fingerprint density at radius 2 is 2.20 bits per heavy atom. The summed E-state index contributed by atoms with van der Waals surface area (Å²) in [5.41, 5.74) is 7.15. The summed E-state index contributed by atoms with van der Waals surface area (Å²) in [7, 11) is 0. The van der Waals surface area contributed by atoms with Crippen molar-refractivity contribution in [3.63, 3.8) is 0 Å². The fraction of sp³-hybridized carbons (Fsp3) is 0.500. The van der Waals surface area contributed by atoms with Gasteiger partial charge in [-0.25, -0.2) is 4.63 Å². The second-order valence-electron chi connectivity index (χ2n) is 4.90. The molecule has 1 atom stereocenters. The minimum Gasteiger partial charge on any atom is -0.365 e. The van der Waals surface area contributed by atoms with Gasteiger partial charge in [-0.3, -0.25) is 10.1 Å². The van der Waals surface area contributed by atoms with Gasteiger partial charge in [0.1, 0.15) is 0 Å². The molecule has 8 heteroatoms. The summed E-state index contributed by atoms with van der Waals surface area (Å²) < 4.78 is 4.69. The van der Waals surface area contributed by atoms with Crippen LogP contribution in [-0.4, -0.2) is 34.4 Å². The Labute approximate surface area is 114 Å². The van der Waals surface area contributed by atoms with E-state index >= 15 is 0 Å². The van der Waals surface area contributed by atoms with E-state index in [2.05, 4.69) is 15.2 Å². The molecule has 1 aromatic carbocycles. The monoisotopic (exact) mass is 277 g/mol. The van der Waals surface area contributed by atoms with E-state index < -0.39 is 4.92 Å². The van der Waals surface area contributed by atoms with Crippen LogP contribution in [0, 0.1) is 10.1 Å². The number of hydrogen-bond donors (Lipinski definition) is 1. The highest BCUT2D eigenvalue weighted by Crippen LogP contribution is 2.34. The molecule has 1 aliphatic heterocycles. The van der Waals surface area contributed by atoms with Crippen molar-refractivity contribution in [2.75, 3.05) is 18.0 Å². The fourth-order valence-corrected chi connectivity index (χ4v) is 2.78. The quantitative estimate of drug-likeness (QED) is 0.667. The standard InChI is InChI=1S/C12H15N5O3/c13-7-8-3-1-2-6-16(8)9-4-5-10(17(18)19)12-11(9)14-20-15-12/h4-5,8H,1-3,6-7,13H2. The van der Waals surface area contributed by atoms with Gasteiger partial charge in [0.05, 0.1) is 10.6 Å². The molecule has 0 spiro atoms. The number of piperidine rings is 1. The first kappa shape index (κ1) is 12.8. The first-order valence-corrected chi connectivity index (χ1v) is 6.58. The molecule has 1 unspecified atom stereocenters. The normalized spacial score (nSPS) is 19.4. The van der Waals surface area contributed by atoms with Gasteiger partial charge in [-0.2, -0.15) is 0 Å². The molecule has 0 aliphatic carbocycles. The third kappa shape index (κ3) is 1.97. The first-order chi connectivity index (χ1) is 9.72. The van der Waals surface area contributed by atoms with Gasteiger partial charge in [-0.05, 0) is 35.6 Å². The Balaban J connectivity index is 2.10. The highest BCUT2D eigenvalue weighted by atomic mass is 16.6. The number of nitro groups is 1. The van der Waals surface area contributed by atoms with Gasteiger partial charge < -0.3 is 10.6 Å². The average molecular weight is 277 g/mol. The predicted molar refractivity (Wildman–Crippen MR) is 72.5 cm³/mol. The topological polar surface area (TPSA) is 111 Å². The third-order valence-corrected chi connectivity index (χ3v) is 3.78. The van der Waals surface area contributed by atoms with Crippen molar-refractivity contribution in [2.24, 2.45) is 5.73 Å². The molecule has 8 nitrogen and oxygen atoms in total. The van der Waals surface area contributed by atoms with Crippen molar-refractivity contribution in [3.8, 4) is 0 Å². The maximum absolute atomic E-state index is 11.0. The Bertz CT molecular complexity index is 641. The van der Waals surface area contributed by atoms with Crippen LogP contribution < -0.4 is 10.6 Å². The molecule has 1 saturated heterocycles. The maximum Gasteiger partial charge on any atom is 0.300 e. The number of non-ortho nitro benzene ring substituents is 1. The molecule has 20 heavy (non-hydrogen) atoms. The molecule has 0 radical (unpaired) electrons. The molecule has 0 bridgehead atoms. The Morgan fingerprint density at radius 1 is 1.40 bits per heavy atom. The number of aromatic nitrogens is 2. The summed E-state index contributed by atoms with van der Waals surface area (Å²) in [5.74, 6) is 0. The Kier molecular flexibility index (Phi) is 3.23. The van der Waals surface area contributed by atoms with Crippen LogP contribution >= 0.6 is 0 Å². The largest absolute Gasteiger partial charge is 0.365 e. The number of nitrogens with two attached hydrogens (primary N) is 1. The van der Waals surface area contributed by atoms with E-state index in [1.165, 1.54) is 6.07 Å². The zero-order valence-electron chi connectivity index (χ0n) is 10.9. The molecular formula is C12H15N5O3. The van der Waals surface area contributed by atoms with Crippen LogP contribution in [0.5, 0.6) is 0 Å². The Hall–Kier alpha value is -2.22. The number of rotatable bonds is 3. The van der Waals surface area contributed by atoms with E-state index in [4.69, 9.17) is 10.4 Å². The van der Waals surface area contributed by atoms with Crippen LogP contribution in [-0.2, 0) is 0 Å². The van der Waals surface area contributed by atoms with Gasteiger partial charge in [-0.15, -0.1) is 0 Å². The van der Waals surface area contributed by atoms with Gasteiger partial charge in [0, 0.05) is 25.2 Å². The van der Waals surface area contributed by atoms with Crippen molar-refractivity contribution < 1.29 is 9.55 Å². The van der Waals surface area contributed by atoms with E-state index in [9.17, 15) is 10.1 Å². The molecule has 2 aromatic rings. The average Bonchev–Trinajstić information content (AvgIpc) is 2.95. The summed E-state index contributed by atoms with van der Waals surface area (Å²) in [6.45, 7) is 1.41. The van der Waals surface area contributed by atoms with E-state index in [-0.39, 0.29) is 17.2 Å². The van der Waals surface area contributed by atoms with Crippen molar-refractivity contribution in [1.82, 2.24) is 10.3 Å². The van der Waals surface area contributed by atoms with E-state index in [1.807, 2.05) is 0 Å². The van der Waals surface area contributed by atoms with Crippen molar-refractivity contribution in [1.29, 1.82) is 0 Å². The lowest BCUT2D eigenvalue weighted by molar-refractivity contribution is -0.383. The molecule has 3 rings (SSSR count). The van der Waals surface area contributed by atoms with Gasteiger partial charge in [0.15, 0.2) is 5.52 Å². The van der Waals surface area contributed by atoms with Crippen molar-refractivity contribution in [2.45, 2.75) is 25.3 Å². The molecule has 1 aromatic heterocycles. The highest BCUT2D eigenvalue weighted by Gasteiger charge is 2.27. The summed E-state index contributed by atoms with van der Waals surface area (Å²) in [5, 5.41) is 18.5. The summed E-state index contributed by atoms with van der Waals surface area (Å²) >= 11 is 0. The number of fused-ring (bicyclic) bond motifs is 1. The van der Waals surface area contributed by atoms with Gasteiger partial charge in [0.2, 0.25) is 5.52 Å². The van der Waals surface area contributed by atoms with Crippen LogP contribution in [0.15, 0.2) is 16.8 Å². The van der Waals surface area contributed by atoms with E-state index in [0.29, 0.717) is 12.1 Å². The summed E-state index contributed by atoms with van der Waals surface area (Å²) in [4.78, 5) is 12.7. The molecule has 1 fully saturated rings. The lowest BCUT2D eigenvalue weighted by atomic mass is 10.0. The second-order valence-corrected chi connectivity index (χ2v) is 4.90. The first-order valence-electron chi connectivity index (χ1n) is 6.58. The number of nitrogens with zero attached hydrogens (tertiary/aromatic N) is 4. The molecule has 1 aliphatic rings. The molecule has 106 valence electrons. The number of hydrogen-bond acceptors (Lipinski definition) is 7. The zero-order chi connectivity index (χ0) is 14.1. The highest BCUT2D eigenvalue weighted by molar-refractivity contribution is 5.94. The van der Waals surface area contributed by atoms with Gasteiger partial charge >= 0.3 is 5.69 Å². The predicted octanol–water partition coefficient (Wildman–Crippen LogP) is 1.45. The lowest BCUT2D eigenvalue weighted by Crippen LogP contribution is -2.44. The third-order valence-electron chi connectivity index (χ3n) is 3.78. The summed E-state index contributed by atoms with van der Waals surface area (Å²) in [6, 6.07) is 3.38. The van der Waals surface area contributed by atoms with Crippen LogP contribution in [0.1, 0.15) is 19.3 Å². The van der Waals surface area contributed by atoms with Crippen molar-refractivity contribution >= 4 is 22.4 Å². The van der Waals surface area contributed by atoms with Crippen molar-refractivity contribution in [3.05, 3.63) is 22.2 Å². The number of anilines is 1. The van der Waals surface area contributed by atoms with Crippen LogP contribution in [0.3, 0.4) is 0 Å². The SMILES string of the molecule is NCC1CCCCN1c1ccc([N+](=O)[O-])c2nonc12. The molecule has 0 saturated carbocycles. The van der Waals surface area contributed by atoms with E-state index in [1.54, 1.807) is 6.07 Å². The Morgan fingerprint density at radius 3 is 2.95 bits per heavy atom. The molecule has 2 N–H and O–H groups in total. The molecular weight excluding hydrogens is 262 g/mol. The summed E-state index contributed by atoms with van der Waals surface area (Å²) in [6.07, 6.45) is 3.23. The second kappa shape index (κ2) is 5.04. The minimum absolute atomic E-state index is 0.0914. The van der Waals surface area contributed by atoms with Crippen LogP contribution in [0.2, 0.25) is 0 Å². The number of nitro benzene ring substituents is 1. The van der Waals surface area contributed by atoms with Crippen LogP contribution in [0.25, 0.3) is 11.0 Å². The lowest BCUT2D eigenvalue weighted by Gasteiger charge is -2.36. The zero-order valence-corrected chi connectivity index (χ0v) is 10.9. The fourth-order valence-electron chi connectivity index (χ4n) is 2.78. The smallest absolute Gasteiger partial charge is 0.300 e. The van der Waals surface area contributed by atoms with E-state index in [0.717, 1.165) is 31.5 Å².